The van der Waals surface area contributed by atoms with E-state index < -0.39 is 151 Å². The summed E-state index contributed by atoms with van der Waals surface area (Å²) in [5.41, 5.74) is 7.17. The fourth-order valence-electron chi connectivity index (χ4n) is 8.70. The number of imidazole rings is 2. The number of aliphatic hydroxyl groups excluding tert-OH is 3. The molecule has 418 valence electrons. The molecule has 3 aliphatic heterocycles. The Hall–Kier alpha value is -4.68. The maximum absolute atomic E-state index is 14.3. The van der Waals surface area contributed by atoms with Gasteiger partial charge in [0.15, 0.2) is 23.9 Å². The Morgan fingerprint density at radius 2 is 1.54 bits per heavy atom. The van der Waals surface area contributed by atoms with Crippen molar-refractivity contribution in [2.24, 2.45) is 13.0 Å². The molecule has 0 aromatic carbocycles. The molecule has 0 bridgehead atoms. The Bertz CT molecular complexity index is 3400. The molecule has 0 radical (unpaired) electrons. The lowest BCUT2D eigenvalue weighted by molar-refractivity contribution is -0.646. The van der Waals surface area contributed by atoms with Gasteiger partial charge in [-0.1, -0.05) is 0 Å². The van der Waals surface area contributed by atoms with Crippen LogP contribution in [0.25, 0.3) is 22.3 Å². The number of anilines is 2. The Kier molecular flexibility index (Phi) is 16.5. The van der Waals surface area contributed by atoms with Crippen molar-refractivity contribution >= 4 is 81.4 Å². The molecule has 0 saturated carbocycles. The minimum absolute atomic E-state index is 0.00378. The fraction of sp³-hybridized carbons (Fsp3) is 0.571. The number of nitrogens with two attached hydrogens (primary N) is 2. The first-order valence-electron chi connectivity index (χ1n) is 21.9. The van der Waals surface area contributed by atoms with Crippen LogP contribution in [-0.2, 0) is 66.7 Å². The number of aromatic nitrogens is 10. The Balaban J connectivity index is 0.969. The van der Waals surface area contributed by atoms with Gasteiger partial charge in [0.1, 0.15) is 50.0 Å². The van der Waals surface area contributed by atoms with E-state index in [1.165, 1.54) is 46.1 Å². The normalized spacial score (nSPS) is 30.0. The highest BCUT2D eigenvalue weighted by molar-refractivity contribution is 8.55. The van der Waals surface area contributed by atoms with Crippen molar-refractivity contribution < 1.29 is 99.1 Å². The number of hydrogen-bond acceptors (Lipinski definition) is 27. The van der Waals surface area contributed by atoms with Crippen LogP contribution in [0.5, 0.6) is 0 Å². The number of amides is 1. The summed E-state index contributed by atoms with van der Waals surface area (Å²) in [5, 5.41) is 33.0. The minimum atomic E-state index is -6.16. The average Bonchev–Trinajstić information content (AvgIpc) is 4.13. The van der Waals surface area contributed by atoms with Crippen LogP contribution in [0, 0.1) is 5.92 Å². The van der Waals surface area contributed by atoms with E-state index in [2.05, 4.69) is 33.5 Å². The molecule has 12 N–H and O–H groups in total. The van der Waals surface area contributed by atoms with Crippen LogP contribution in [0.1, 0.15) is 25.1 Å². The zero-order chi connectivity index (χ0) is 55.6. The molecule has 5 aromatic rings. The van der Waals surface area contributed by atoms with E-state index in [1.54, 1.807) is 0 Å². The molecule has 8 rings (SSSR count). The smallest absolute Gasteiger partial charge is 0.488 e. The van der Waals surface area contributed by atoms with E-state index in [1.807, 2.05) is 4.98 Å². The Labute approximate surface area is 428 Å². The number of phosphoric ester groups is 1. The molecule has 8 heterocycles. The number of carbonyl (C=O) groups is 1. The van der Waals surface area contributed by atoms with Crippen LogP contribution < -0.4 is 37.7 Å². The van der Waals surface area contributed by atoms with Gasteiger partial charge in [-0.05, 0) is 11.4 Å². The largest absolute Gasteiger partial charge is 0.778 e. The number of hydrogen-bond donors (Lipinski definition) is 10. The number of H-pyrrole nitrogens is 2. The van der Waals surface area contributed by atoms with E-state index in [9.17, 15) is 72.3 Å². The van der Waals surface area contributed by atoms with Gasteiger partial charge >= 0.3 is 33.7 Å². The quantitative estimate of drug-likeness (QED) is 0.0262. The predicted octanol–water partition coefficient (Wildman–Crippen LogP) is -3.99. The van der Waals surface area contributed by atoms with Gasteiger partial charge in [-0.2, -0.15) is 18.2 Å². The third kappa shape index (κ3) is 11.8. The third-order valence-corrected chi connectivity index (χ3v) is 20.7. The van der Waals surface area contributed by atoms with E-state index in [0.29, 0.717) is 0 Å². The summed E-state index contributed by atoms with van der Waals surface area (Å²) < 4.78 is 101. The Morgan fingerprint density at radius 3 is 2.22 bits per heavy atom. The third-order valence-electron chi connectivity index (χ3n) is 12.2. The van der Waals surface area contributed by atoms with Crippen molar-refractivity contribution in [1.82, 2.24) is 48.5 Å². The molecule has 4 unspecified atom stereocenters. The number of nitrogen functional groups attached to an aromatic ring is 2. The molecule has 3 fully saturated rings. The molecule has 0 spiro atoms. The van der Waals surface area contributed by atoms with Crippen LogP contribution in [-0.4, -0.2) is 173 Å². The molecule has 41 heteroatoms. The number of carbonyl (C=O) groups excluding carboxylic acids is 1. The first kappa shape index (κ1) is 57.5. The molecule has 0 aliphatic carbocycles. The summed E-state index contributed by atoms with van der Waals surface area (Å²) in [6.45, 7) is -7.70. The van der Waals surface area contributed by atoms with E-state index in [4.69, 9.17) is 39.5 Å². The van der Waals surface area contributed by atoms with Gasteiger partial charge in [-0.25, -0.2) is 38.0 Å². The lowest BCUT2D eigenvalue weighted by Gasteiger charge is -2.35. The van der Waals surface area contributed by atoms with Crippen molar-refractivity contribution in [3.8, 4) is 0 Å². The van der Waals surface area contributed by atoms with Gasteiger partial charge < -0.3 is 79.3 Å². The predicted molar refractivity (Wildman–Crippen MR) is 252 cm³/mol. The molecule has 76 heavy (non-hydrogen) atoms. The summed E-state index contributed by atoms with van der Waals surface area (Å²) >= 11 is -0.224. The van der Waals surface area contributed by atoms with Gasteiger partial charge in [0.25, 0.3) is 16.7 Å². The monoisotopic (exact) mass is 1180 g/mol. The molecule has 5 aromatic heterocycles. The number of aliphatic hydroxyl groups is 3. The van der Waals surface area contributed by atoms with Crippen molar-refractivity contribution in [1.29, 1.82) is 0 Å². The second kappa shape index (κ2) is 21.9. The van der Waals surface area contributed by atoms with E-state index >= 15 is 0 Å². The topological polar surface area (TPSA) is 512 Å². The average molecular weight is 1180 g/mol. The molecule has 36 nitrogen and oxygen atoms in total. The van der Waals surface area contributed by atoms with Crippen LogP contribution in [0.2, 0.25) is 0 Å². The van der Waals surface area contributed by atoms with Gasteiger partial charge in [-0.3, -0.25) is 38.0 Å². The summed E-state index contributed by atoms with van der Waals surface area (Å²) in [4.78, 5) is 118. The van der Waals surface area contributed by atoms with E-state index in [-0.39, 0.29) is 45.5 Å². The fourth-order valence-corrected chi connectivity index (χ4v) is 16.6. The van der Waals surface area contributed by atoms with Crippen molar-refractivity contribution in [2.75, 3.05) is 51.6 Å². The van der Waals surface area contributed by atoms with Crippen LogP contribution in [0.4, 0.5) is 11.8 Å². The highest BCUT2D eigenvalue weighted by Gasteiger charge is 2.55. The first-order valence-corrected chi connectivity index (χ1v) is 29.7. The molecular formula is C35H49N13O23P4S. The lowest BCUT2D eigenvalue weighted by Crippen LogP contribution is -2.40. The number of nitrogens with zero attached hydrogens (tertiary/aromatic N) is 9. The maximum atomic E-state index is 14.3. The standard InChI is InChI=1S/C35H49N13O23P4S/c1-44(2)19(50)7-14-15(67-31(22(14)51)48-13-45(3)21-29(48)42-34(37)43-30(21)54)8-66-73(58,59)70-74(60,61)71-75(62,63)76-10-17-26(25(64-4)33(69-17)47-12-40-20-27(36)38-11-39-28(20)47)72(56,57)65-9-16-23(52)24(53)32(68-16)46-6-5-18(49)41-35(46)55/h5-6,11-17,22-26,31-33,51-53H,7-10H2,1-4H3,(H9-,36,37,38,39,41,42,43,49,54,55,56,57,58,59,60,61,62,63)/t14-,15-,16-,17-,22-,23-,24-,25-,26-,31-,32-,33-/m1/s1. The second-order valence-corrected chi connectivity index (χ2v) is 26.4. The zero-order valence-electron chi connectivity index (χ0n) is 39.6. The van der Waals surface area contributed by atoms with Crippen molar-refractivity contribution in [3.63, 3.8) is 0 Å². The van der Waals surface area contributed by atoms with Crippen LogP contribution >= 0.6 is 41.4 Å². The number of methoxy groups -OCH3 is 1. The van der Waals surface area contributed by atoms with Gasteiger partial charge in [0, 0.05) is 51.6 Å². The van der Waals surface area contributed by atoms with Crippen molar-refractivity contribution in [3.05, 3.63) is 62.4 Å². The molecule has 16 atom stereocenters. The maximum Gasteiger partial charge on any atom is 0.488 e. The zero-order valence-corrected chi connectivity index (χ0v) is 44.0. The first-order chi connectivity index (χ1) is 35.5. The minimum Gasteiger partial charge on any atom is -0.778 e. The highest BCUT2D eigenvalue weighted by Crippen LogP contribution is 2.72. The molecule has 1 amide bonds. The van der Waals surface area contributed by atoms with Crippen molar-refractivity contribution in [2.45, 2.75) is 73.5 Å². The summed E-state index contributed by atoms with van der Waals surface area (Å²) in [6, 6.07) is 0.922. The molecular weight excluding hydrogens is 1130 g/mol. The number of aromatic amines is 2. The number of aryl methyl sites for hydroxylation is 1. The summed E-state index contributed by atoms with van der Waals surface area (Å²) in [5.74, 6) is -3.12. The van der Waals surface area contributed by atoms with Gasteiger partial charge in [0.05, 0.1) is 44.5 Å². The summed E-state index contributed by atoms with van der Waals surface area (Å²) in [7, 11) is -12.1. The van der Waals surface area contributed by atoms with E-state index in [0.717, 1.165) is 36.6 Å². The van der Waals surface area contributed by atoms with Crippen LogP contribution in [0.3, 0.4) is 0 Å². The lowest BCUT2D eigenvalue weighted by atomic mass is 9.94. The summed E-state index contributed by atoms with van der Waals surface area (Å²) in [6.07, 6.45) is -12.5. The molecule has 3 aliphatic rings. The SMILES string of the molecule is CO[C@@H]1[C@H](P(=O)([O-])OC[C@H]2O[C@@H](n3ccc(=O)[nH]c3=O)[C@H](O)[C@@H]2O)[C@@H](CSP(=O)(O)OP(=O)(O)OP(=O)(O)OC[C@H]2O[C@@H](n3c[n+](C)c4c(=O)[nH]c(N)nc43)[C@H](O)[C@@H]2CC(=O)N(C)C)O[C@H]1n1cnc2c(N)ncnc21. The number of nitrogens with one attached hydrogen (secondary N) is 2. The number of phosphoric acid groups is 2. The number of ether oxygens (including phenoxy) is 4. The molecule has 3 saturated heterocycles. The van der Waals surface area contributed by atoms with Gasteiger partial charge in [-0.15, -0.1) is 0 Å². The highest BCUT2D eigenvalue weighted by atomic mass is 32.7. The second-order valence-electron chi connectivity index (χ2n) is 17.4. The van der Waals surface area contributed by atoms with Gasteiger partial charge in [0.2, 0.25) is 24.4 Å². The number of rotatable bonds is 20. The number of fused-ring (bicyclic) bond motifs is 2. The van der Waals surface area contributed by atoms with Crippen LogP contribution in [0.15, 0.2) is 45.6 Å². The Morgan fingerprint density at radius 1 is 0.868 bits per heavy atom.